The lowest BCUT2D eigenvalue weighted by Crippen LogP contribution is -2.37. The van der Waals surface area contributed by atoms with E-state index in [1.54, 1.807) is 12.3 Å². The van der Waals surface area contributed by atoms with Gasteiger partial charge in [0.2, 0.25) is 0 Å². The Morgan fingerprint density at radius 2 is 1.74 bits per heavy atom. The Bertz CT molecular complexity index is 1360. The first-order chi connectivity index (χ1) is 16.3. The van der Waals surface area contributed by atoms with Gasteiger partial charge in [-0.15, -0.1) is 0 Å². The van der Waals surface area contributed by atoms with Crippen LogP contribution in [0, 0.1) is 6.92 Å². The number of urea groups is 1. The SMILES string of the molecule is Cc1c2c(nn1-c1ccccc1)-c1cccnc1N(C(=O)Nc1ccccc1C(F)(F)F)CC2. The van der Waals surface area contributed by atoms with Crippen LogP contribution < -0.4 is 10.2 Å². The van der Waals surface area contributed by atoms with Crippen molar-refractivity contribution in [3.05, 3.63) is 89.7 Å². The standard InChI is InChI=1S/C25H20F3N5O/c1-16-18-13-15-32(24(34)30-21-12-6-5-11-20(21)25(26,27)28)23-19(10-7-14-29-23)22(18)31-33(16)17-8-3-2-4-9-17/h2-12,14H,13,15H2,1H3,(H,30,34). The van der Waals surface area contributed by atoms with Gasteiger partial charge < -0.3 is 5.32 Å². The van der Waals surface area contributed by atoms with Crippen LogP contribution in [0.15, 0.2) is 72.9 Å². The number of amides is 2. The Hall–Kier alpha value is -4.14. The highest BCUT2D eigenvalue weighted by atomic mass is 19.4. The van der Waals surface area contributed by atoms with E-state index >= 15 is 0 Å². The molecular formula is C25H20F3N5O. The Balaban J connectivity index is 1.53. The number of anilines is 2. The summed E-state index contributed by atoms with van der Waals surface area (Å²) >= 11 is 0. The number of nitrogens with one attached hydrogen (secondary N) is 1. The summed E-state index contributed by atoms with van der Waals surface area (Å²) in [4.78, 5) is 19.0. The molecule has 0 spiro atoms. The van der Waals surface area contributed by atoms with Gasteiger partial charge in [-0.1, -0.05) is 30.3 Å². The Morgan fingerprint density at radius 1 is 1.00 bits per heavy atom. The zero-order valence-corrected chi connectivity index (χ0v) is 18.2. The van der Waals surface area contributed by atoms with Crippen LogP contribution in [0.25, 0.3) is 16.9 Å². The molecule has 0 atom stereocenters. The smallest absolute Gasteiger partial charge is 0.307 e. The van der Waals surface area contributed by atoms with Crippen molar-refractivity contribution in [3.8, 4) is 16.9 Å². The quantitative estimate of drug-likeness (QED) is 0.405. The first-order valence-corrected chi connectivity index (χ1v) is 10.7. The number of fused-ring (bicyclic) bond motifs is 3. The fourth-order valence-corrected chi connectivity index (χ4v) is 4.22. The summed E-state index contributed by atoms with van der Waals surface area (Å²) in [6.07, 6.45) is -2.57. The van der Waals surface area contributed by atoms with Crippen LogP contribution in [0.3, 0.4) is 0 Å². The largest absolute Gasteiger partial charge is 0.418 e. The van der Waals surface area contributed by atoms with Gasteiger partial charge in [0.15, 0.2) is 0 Å². The number of para-hydroxylation sites is 2. The highest BCUT2D eigenvalue weighted by Crippen LogP contribution is 2.38. The molecule has 3 heterocycles. The van der Waals surface area contributed by atoms with E-state index in [9.17, 15) is 18.0 Å². The molecule has 0 aliphatic carbocycles. The van der Waals surface area contributed by atoms with Crippen LogP contribution in [0.1, 0.15) is 16.8 Å². The molecule has 34 heavy (non-hydrogen) atoms. The van der Waals surface area contributed by atoms with Gasteiger partial charge in [-0.3, -0.25) is 4.90 Å². The van der Waals surface area contributed by atoms with Crippen LogP contribution in [-0.2, 0) is 12.6 Å². The highest BCUT2D eigenvalue weighted by molar-refractivity contribution is 6.04. The minimum atomic E-state index is -4.59. The molecule has 2 aromatic carbocycles. The number of hydrogen-bond acceptors (Lipinski definition) is 3. The molecular weight excluding hydrogens is 443 g/mol. The maximum Gasteiger partial charge on any atom is 0.418 e. The molecule has 6 nitrogen and oxygen atoms in total. The molecule has 0 bridgehead atoms. The number of aromatic nitrogens is 3. The summed E-state index contributed by atoms with van der Waals surface area (Å²) in [5, 5.41) is 7.24. The molecule has 1 aliphatic rings. The first-order valence-electron chi connectivity index (χ1n) is 10.7. The fraction of sp³-hybridized carbons (Fsp3) is 0.160. The van der Waals surface area contributed by atoms with Gasteiger partial charge in [0.05, 0.1) is 22.6 Å². The normalized spacial score (nSPS) is 13.1. The van der Waals surface area contributed by atoms with Crippen LogP contribution in [-0.4, -0.2) is 27.3 Å². The topological polar surface area (TPSA) is 63.1 Å². The summed E-state index contributed by atoms with van der Waals surface area (Å²) in [6.45, 7) is 2.20. The van der Waals surface area contributed by atoms with Gasteiger partial charge in [-0.05, 0) is 49.7 Å². The lowest BCUT2D eigenvalue weighted by atomic mass is 10.1. The number of pyridine rings is 1. The lowest BCUT2D eigenvalue weighted by Gasteiger charge is -2.23. The molecule has 0 fully saturated rings. The molecule has 4 aromatic rings. The van der Waals surface area contributed by atoms with Gasteiger partial charge in [0, 0.05) is 29.6 Å². The van der Waals surface area contributed by atoms with Crippen molar-refractivity contribution >= 4 is 17.5 Å². The van der Waals surface area contributed by atoms with Crippen molar-refractivity contribution < 1.29 is 18.0 Å². The molecule has 1 aliphatic heterocycles. The molecule has 0 unspecified atom stereocenters. The molecule has 172 valence electrons. The number of carbonyl (C=O) groups excluding carboxylic acids is 1. The average molecular weight is 463 g/mol. The van der Waals surface area contributed by atoms with Gasteiger partial charge in [0.25, 0.3) is 0 Å². The average Bonchev–Trinajstić information content (AvgIpc) is 3.06. The first kappa shape index (κ1) is 21.7. The van der Waals surface area contributed by atoms with E-state index in [1.807, 2.05) is 48.0 Å². The molecule has 2 aromatic heterocycles. The Labute approximate surface area is 193 Å². The van der Waals surface area contributed by atoms with Crippen molar-refractivity contribution in [2.75, 3.05) is 16.8 Å². The fourth-order valence-electron chi connectivity index (χ4n) is 4.22. The van der Waals surface area contributed by atoms with Gasteiger partial charge in [0.1, 0.15) is 5.82 Å². The number of benzene rings is 2. The summed E-state index contributed by atoms with van der Waals surface area (Å²) in [5.41, 5.74) is 2.95. The second-order valence-corrected chi connectivity index (χ2v) is 7.91. The van der Waals surface area contributed by atoms with E-state index in [-0.39, 0.29) is 12.2 Å². The minimum absolute atomic E-state index is 0.234. The van der Waals surface area contributed by atoms with E-state index in [0.29, 0.717) is 23.5 Å². The second-order valence-electron chi connectivity index (χ2n) is 7.91. The maximum atomic E-state index is 13.4. The Morgan fingerprint density at radius 3 is 2.50 bits per heavy atom. The number of carbonyl (C=O) groups is 1. The van der Waals surface area contributed by atoms with Crippen LogP contribution in [0.2, 0.25) is 0 Å². The van der Waals surface area contributed by atoms with E-state index in [1.165, 1.54) is 23.1 Å². The Kier molecular flexibility index (Phi) is 5.31. The highest BCUT2D eigenvalue weighted by Gasteiger charge is 2.35. The number of rotatable bonds is 2. The third kappa shape index (κ3) is 3.79. The number of halogens is 3. The third-order valence-corrected chi connectivity index (χ3v) is 5.84. The van der Waals surface area contributed by atoms with Gasteiger partial charge >= 0.3 is 12.2 Å². The maximum absolute atomic E-state index is 13.4. The van der Waals surface area contributed by atoms with E-state index in [0.717, 1.165) is 23.0 Å². The zero-order chi connectivity index (χ0) is 23.9. The number of nitrogens with zero attached hydrogens (tertiary/aromatic N) is 4. The second kappa shape index (κ2) is 8.33. The molecule has 0 radical (unpaired) electrons. The minimum Gasteiger partial charge on any atom is -0.307 e. The van der Waals surface area contributed by atoms with Gasteiger partial charge in [-0.25, -0.2) is 14.5 Å². The van der Waals surface area contributed by atoms with Gasteiger partial charge in [-0.2, -0.15) is 18.3 Å². The molecule has 0 saturated carbocycles. The van der Waals surface area contributed by atoms with Crippen LogP contribution in [0.4, 0.5) is 29.5 Å². The van der Waals surface area contributed by atoms with Crippen LogP contribution >= 0.6 is 0 Å². The van der Waals surface area contributed by atoms with Crippen LogP contribution in [0.5, 0.6) is 0 Å². The summed E-state index contributed by atoms with van der Waals surface area (Å²) in [7, 11) is 0. The zero-order valence-electron chi connectivity index (χ0n) is 18.2. The summed E-state index contributed by atoms with van der Waals surface area (Å²) in [6, 6.07) is 17.5. The lowest BCUT2D eigenvalue weighted by molar-refractivity contribution is -0.136. The molecule has 9 heteroatoms. The van der Waals surface area contributed by atoms with Crippen molar-refractivity contribution in [3.63, 3.8) is 0 Å². The number of hydrogen-bond donors (Lipinski definition) is 1. The van der Waals surface area contributed by atoms with Crippen molar-refractivity contribution in [1.82, 2.24) is 14.8 Å². The molecule has 0 saturated heterocycles. The summed E-state index contributed by atoms with van der Waals surface area (Å²) in [5.74, 6) is 0.348. The predicted octanol–water partition coefficient (Wildman–Crippen LogP) is 5.86. The van der Waals surface area contributed by atoms with E-state index in [2.05, 4.69) is 10.3 Å². The molecule has 1 N–H and O–H groups in total. The molecule has 2 amide bonds. The number of alkyl halides is 3. The third-order valence-electron chi connectivity index (χ3n) is 5.84. The van der Waals surface area contributed by atoms with Crippen molar-refractivity contribution in [2.45, 2.75) is 19.5 Å². The van der Waals surface area contributed by atoms with E-state index in [4.69, 9.17) is 5.10 Å². The monoisotopic (exact) mass is 463 g/mol. The van der Waals surface area contributed by atoms with Crippen molar-refractivity contribution in [1.29, 1.82) is 0 Å². The van der Waals surface area contributed by atoms with E-state index < -0.39 is 17.8 Å². The molecule has 5 rings (SSSR count). The summed E-state index contributed by atoms with van der Waals surface area (Å²) < 4.78 is 42.1. The van der Waals surface area contributed by atoms with Crippen molar-refractivity contribution in [2.24, 2.45) is 0 Å². The predicted molar refractivity (Wildman–Crippen MR) is 123 cm³/mol.